The van der Waals surface area contributed by atoms with Crippen molar-refractivity contribution in [3.63, 3.8) is 0 Å². The highest BCUT2D eigenvalue weighted by Crippen LogP contribution is 2.33. The number of benzene rings is 1. The van der Waals surface area contributed by atoms with Crippen molar-refractivity contribution in [2.75, 3.05) is 13.2 Å². The van der Waals surface area contributed by atoms with Gasteiger partial charge in [0.05, 0.1) is 23.8 Å². The predicted octanol–water partition coefficient (Wildman–Crippen LogP) is 3.74. The molecule has 0 aliphatic heterocycles. The second kappa shape index (κ2) is 9.10. The van der Waals surface area contributed by atoms with Crippen LogP contribution in [0.2, 0.25) is 5.02 Å². The van der Waals surface area contributed by atoms with Crippen molar-refractivity contribution in [2.24, 2.45) is 0 Å². The number of carbonyl (C=O) groups excluding carboxylic acids is 1. The van der Waals surface area contributed by atoms with Crippen LogP contribution in [0.3, 0.4) is 0 Å². The molecule has 1 aromatic rings. The molecule has 0 aliphatic carbocycles. The monoisotopic (exact) mass is 326 g/mol. The Bertz CT molecular complexity index is 566. The molecule has 0 amide bonds. The Morgan fingerprint density at radius 3 is 2.23 bits per heavy atom. The maximum Gasteiger partial charge on any atom is 0.328 e. The van der Waals surface area contributed by atoms with Gasteiger partial charge in [-0.3, -0.25) is 4.79 Å². The number of ether oxygens (including phenoxy) is 2. The minimum absolute atomic E-state index is 0.224. The fourth-order valence-corrected chi connectivity index (χ4v) is 1.83. The number of halogens is 1. The zero-order valence-electron chi connectivity index (χ0n) is 12.6. The molecule has 0 aliphatic rings. The van der Waals surface area contributed by atoms with E-state index in [9.17, 15) is 9.59 Å². The van der Waals surface area contributed by atoms with E-state index in [1.165, 1.54) is 12.1 Å². The van der Waals surface area contributed by atoms with E-state index >= 15 is 0 Å². The Morgan fingerprint density at radius 1 is 1.09 bits per heavy atom. The van der Waals surface area contributed by atoms with Crippen LogP contribution in [0.15, 0.2) is 24.3 Å². The number of aliphatic carboxylic acids is 1. The summed E-state index contributed by atoms with van der Waals surface area (Å²) in [4.78, 5) is 22.7. The highest BCUT2D eigenvalue weighted by molar-refractivity contribution is 6.32. The van der Waals surface area contributed by atoms with E-state index < -0.39 is 11.8 Å². The van der Waals surface area contributed by atoms with Crippen LogP contribution < -0.4 is 9.47 Å². The Morgan fingerprint density at radius 2 is 1.68 bits per heavy atom. The molecule has 1 aromatic carbocycles. The van der Waals surface area contributed by atoms with Gasteiger partial charge < -0.3 is 14.6 Å². The summed E-state index contributed by atoms with van der Waals surface area (Å²) in [5.74, 6) is -0.984. The van der Waals surface area contributed by atoms with Crippen molar-refractivity contribution in [2.45, 2.75) is 26.7 Å². The number of carbonyl (C=O) groups is 2. The van der Waals surface area contributed by atoms with E-state index in [1.54, 1.807) is 0 Å². The van der Waals surface area contributed by atoms with Gasteiger partial charge in [-0.05, 0) is 25.0 Å². The van der Waals surface area contributed by atoms with E-state index in [2.05, 4.69) is 0 Å². The quantitative estimate of drug-likeness (QED) is 0.552. The summed E-state index contributed by atoms with van der Waals surface area (Å²) in [5, 5.41) is 8.96. The van der Waals surface area contributed by atoms with Gasteiger partial charge >= 0.3 is 5.97 Å². The topological polar surface area (TPSA) is 72.8 Å². The summed E-state index contributed by atoms with van der Waals surface area (Å²) in [6.07, 6.45) is 3.33. The maximum atomic E-state index is 12.1. The summed E-state index contributed by atoms with van der Waals surface area (Å²) in [6.45, 7) is 4.78. The molecule has 0 saturated heterocycles. The lowest BCUT2D eigenvalue weighted by molar-refractivity contribution is -0.131. The van der Waals surface area contributed by atoms with Crippen molar-refractivity contribution in [1.82, 2.24) is 0 Å². The van der Waals surface area contributed by atoms with Gasteiger partial charge in [-0.25, -0.2) is 4.79 Å². The molecule has 0 fully saturated rings. The molecule has 0 heterocycles. The van der Waals surface area contributed by atoms with Crippen molar-refractivity contribution < 1.29 is 24.2 Å². The van der Waals surface area contributed by atoms with Gasteiger partial charge in [-0.2, -0.15) is 0 Å². The first-order chi connectivity index (χ1) is 10.5. The largest absolute Gasteiger partial charge is 0.493 e. The molecule has 1 rings (SSSR count). The van der Waals surface area contributed by atoms with Gasteiger partial charge in [0.25, 0.3) is 0 Å². The second-order valence-corrected chi connectivity index (χ2v) is 4.92. The first kappa shape index (κ1) is 18.0. The minimum Gasteiger partial charge on any atom is -0.493 e. The van der Waals surface area contributed by atoms with Crippen molar-refractivity contribution in [3.8, 4) is 11.5 Å². The summed E-state index contributed by atoms with van der Waals surface area (Å²) >= 11 is 6.12. The highest BCUT2D eigenvalue weighted by Gasteiger charge is 2.16. The number of allylic oxidation sites excluding steroid dienone is 1. The van der Waals surface area contributed by atoms with Crippen LogP contribution in [0.4, 0.5) is 0 Å². The number of carboxylic acid groups (broad SMARTS) is 1. The smallest absolute Gasteiger partial charge is 0.328 e. The SMILES string of the molecule is CCCOc1cc(C(=O)/C=C/C(=O)O)c(OCCC)cc1Cl. The van der Waals surface area contributed by atoms with E-state index in [1.807, 2.05) is 13.8 Å². The molecule has 0 radical (unpaired) electrons. The van der Waals surface area contributed by atoms with Crippen LogP contribution in [0, 0.1) is 0 Å². The van der Waals surface area contributed by atoms with Gasteiger partial charge in [0.1, 0.15) is 11.5 Å². The third-order valence-electron chi connectivity index (χ3n) is 2.60. The zero-order chi connectivity index (χ0) is 16.5. The van der Waals surface area contributed by atoms with Crippen molar-refractivity contribution in [3.05, 3.63) is 34.9 Å². The third-order valence-corrected chi connectivity index (χ3v) is 2.90. The normalized spacial score (nSPS) is 10.7. The number of carboxylic acids is 1. The van der Waals surface area contributed by atoms with Crippen LogP contribution in [0.5, 0.6) is 11.5 Å². The van der Waals surface area contributed by atoms with E-state index in [0.717, 1.165) is 25.0 Å². The van der Waals surface area contributed by atoms with Crippen molar-refractivity contribution >= 4 is 23.4 Å². The van der Waals surface area contributed by atoms with Gasteiger partial charge in [-0.15, -0.1) is 0 Å². The number of ketones is 1. The summed E-state index contributed by atoms with van der Waals surface area (Å²) in [6, 6.07) is 3.00. The molecule has 1 N–H and O–H groups in total. The molecule has 0 unspecified atom stereocenters. The zero-order valence-corrected chi connectivity index (χ0v) is 13.4. The average molecular weight is 327 g/mol. The Balaban J connectivity index is 3.17. The molecule has 0 saturated carbocycles. The Kier molecular flexibility index (Phi) is 7.46. The molecule has 22 heavy (non-hydrogen) atoms. The summed E-state index contributed by atoms with van der Waals surface area (Å²) in [7, 11) is 0. The lowest BCUT2D eigenvalue weighted by Gasteiger charge is -2.13. The number of rotatable bonds is 9. The van der Waals surface area contributed by atoms with Crippen LogP contribution in [-0.4, -0.2) is 30.1 Å². The fourth-order valence-electron chi connectivity index (χ4n) is 1.62. The van der Waals surface area contributed by atoms with Gasteiger partial charge in [0.15, 0.2) is 5.78 Å². The van der Waals surface area contributed by atoms with Crippen molar-refractivity contribution in [1.29, 1.82) is 0 Å². The highest BCUT2D eigenvalue weighted by atomic mass is 35.5. The van der Waals surface area contributed by atoms with E-state index in [-0.39, 0.29) is 5.56 Å². The summed E-state index contributed by atoms with van der Waals surface area (Å²) in [5.41, 5.74) is 0.224. The van der Waals surface area contributed by atoms with Crippen LogP contribution in [0.1, 0.15) is 37.0 Å². The lowest BCUT2D eigenvalue weighted by Crippen LogP contribution is -2.05. The third kappa shape index (κ3) is 5.41. The fraction of sp³-hybridized carbons (Fsp3) is 0.375. The maximum absolute atomic E-state index is 12.1. The first-order valence-electron chi connectivity index (χ1n) is 7.04. The molecular formula is C16H19ClO5. The standard InChI is InChI=1S/C16H19ClO5/c1-3-7-21-14-10-12(17)15(22-8-4-2)9-11(14)13(18)5-6-16(19)20/h5-6,9-10H,3-4,7-8H2,1-2H3,(H,19,20)/b6-5+. The molecule has 120 valence electrons. The Labute approximate surface area is 134 Å². The molecule has 6 heteroatoms. The molecule has 0 bridgehead atoms. The predicted molar refractivity (Wildman–Crippen MR) is 84.1 cm³/mol. The first-order valence-corrected chi connectivity index (χ1v) is 7.41. The van der Waals surface area contributed by atoms with E-state index in [4.69, 9.17) is 26.2 Å². The second-order valence-electron chi connectivity index (χ2n) is 4.51. The number of hydrogen-bond acceptors (Lipinski definition) is 4. The van der Waals surface area contributed by atoms with Gasteiger partial charge in [-0.1, -0.05) is 25.4 Å². The average Bonchev–Trinajstić information content (AvgIpc) is 2.49. The van der Waals surface area contributed by atoms with Gasteiger partial charge in [0, 0.05) is 12.1 Å². The van der Waals surface area contributed by atoms with Gasteiger partial charge in [0.2, 0.25) is 0 Å². The molecule has 5 nitrogen and oxygen atoms in total. The molecule has 0 atom stereocenters. The minimum atomic E-state index is -1.19. The summed E-state index contributed by atoms with van der Waals surface area (Å²) < 4.78 is 11.0. The lowest BCUT2D eigenvalue weighted by atomic mass is 10.1. The van der Waals surface area contributed by atoms with Crippen LogP contribution >= 0.6 is 11.6 Å². The molecular weight excluding hydrogens is 308 g/mol. The molecule has 0 aromatic heterocycles. The van der Waals surface area contributed by atoms with Crippen LogP contribution in [0.25, 0.3) is 0 Å². The van der Waals surface area contributed by atoms with E-state index in [0.29, 0.717) is 29.7 Å². The van der Waals surface area contributed by atoms with Crippen LogP contribution in [-0.2, 0) is 4.79 Å². The molecule has 0 spiro atoms. The number of hydrogen-bond donors (Lipinski definition) is 1. The Hall–Kier alpha value is -2.01.